The normalized spacial score (nSPS) is 19.8. The Bertz CT molecular complexity index is 383. The Balaban J connectivity index is 2.24. The summed E-state index contributed by atoms with van der Waals surface area (Å²) in [6.45, 7) is 0. The van der Waals surface area contributed by atoms with Crippen molar-refractivity contribution in [1.29, 1.82) is 0 Å². The number of hydrogen-bond donors (Lipinski definition) is 0. The van der Waals surface area contributed by atoms with E-state index in [1.165, 1.54) is 10.4 Å². The average molecular weight is 204 g/mol. The molecule has 0 saturated carbocycles. The van der Waals surface area contributed by atoms with Gasteiger partial charge < -0.3 is 0 Å². The molecule has 2 heteroatoms. The lowest BCUT2D eigenvalue weighted by Crippen LogP contribution is -2.16. The van der Waals surface area contributed by atoms with Gasteiger partial charge >= 0.3 is 0 Å². The van der Waals surface area contributed by atoms with Gasteiger partial charge in [-0.15, -0.1) is 17.8 Å². The maximum atomic E-state index is 11.7. The fraction of sp³-hybridized carbons (Fsp3) is 0.417. The van der Waals surface area contributed by atoms with Gasteiger partial charge in [-0.2, -0.15) is 0 Å². The van der Waals surface area contributed by atoms with E-state index in [0.717, 1.165) is 19.3 Å². The van der Waals surface area contributed by atoms with Crippen LogP contribution in [0.3, 0.4) is 0 Å². The number of thiophene rings is 1. The van der Waals surface area contributed by atoms with Crippen molar-refractivity contribution in [3.63, 3.8) is 0 Å². The van der Waals surface area contributed by atoms with Gasteiger partial charge in [0.2, 0.25) is 0 Å². The Hall–Kier alpha value is -1.07. The lowest BCUT2D eigenvalue weighted by atomic mass is 9.84. The summed E-state index contributed by atoms with van der Waals surface area (Å²) in [6.07, 6.45) is 8.67. The second-order valence-corrected chi connectivity index (χ2v) is 4.59. The molecule has 1 aromatic heterocycles. The van der Waals surface area contributed by atoms with Crippen molar-refractivity contribution < 1.29 is 4.79 Å². The van der Waals surface area contributed by atoms with Crippen LogP contribution in [0.15, 0.2) is 11.4 Å². The second kappa shape index (κ2) is 3.98. The lowest BCUT2D eigenvalue weighted by Gasteiger charge is -2.20. The number of fused-ring (bicyclic) bond motifs is 1. The monoisotopic (exact) mass is 204 g/mol. The van der Waals surface area contributed by atoms with Crippen molar-refractivity contribution in [1.82, 2.24) is 0 Å². The van der Waals surface area contributed by atoms with Gasteiger partial charge in [0, 0.05) is 10.8 Å². The number of Topliss-reactive ketones (excluding diaryl/α,β-unsaturated/α-hetero) is 1. The van der Waals surface area contributed by atoms with E-state index in [-0.39, 0.29) is 18.1 Å². The summed E-state index contributed by atoms with van der Waals surface area (Å²) in [5.41, 5.74) is 1.24. The maximum Gasteiger partial charge on any atom is 0.152 e. The van der Waals surface area contributed by atoms with E-state index >= 15 is 0 Å². The number of hydrogen-bond acceptors (Lipinski definition) is 2. The summed E-state index contributed by atoms with van der Waals surface area (Å²) in [5, 5.41) is 2.08. The molecule has 0 amide bonds. The van der Waals surface area contributed by atoms with Crippen molar-refractivity contribution >= 4 is 17.1 Å². The summed E-state index contributed by atoms with van der Waals surface area (Å²) >= 11 is 1.76. The predicted molar refractivity (Wildman–Crippen MR) is 58.5 cm³/mol. The SMILES string of the molecule is C#CCC(=O)C1CCCc2sccc21. The predicted octanol–water partition coefficient (Wildman–Crippen LogP) is 2.76. The molecule has 0 N–H and O–H groups in total. The highest BCUT2D eigenvalue weighted by atomic mass is 32.1. The molecule has 1 aliphatic rings. The standard InChI is InChI=1S/C12H12OS/c1-2-4-11(13)9-5-3-6-12-10(9)7-8-14-12/h1,7-9H,3-6H2. The first-order valence-corrected chi connectivity index (χ1v) is 5.73. The summed E-state index contributed by atoms with van der Waals surface area (Å²) in [4.78, 5) is 13.1. The Labute approximate surface area is 88.1 Å². The Morgan fingerprint density at radius 3 is 3.36 bits per heavy atom. The van der Waals surface area contributed by atoms with Crippen molar-refractivity contribution in [3.8, 4) is 12.3 Å². The molecule has 1 aliphatic carbocycles. The highest BCUT2D eigenvalue weighted by Gasteiger charge is 2.26. The minimum Gasteiger partial charge on any atom is -0.298 e. The van der Waals surface area contributed by atoms with Gasteiger partial charge in [-0.1, -0.05) is 5.92 Å². The van der Waals surface area contributed by atoms with Crippen LogP contribution in [0, 0.1) is 12.3 Å². The van der Waals surface area contributed by atoms with Crippen LogP contribution in [0.1, 0.15) is 35.6 Å². The number of carbonyl (C=O) groups excluding carboxylic acids is 1. The second-order valence-electron chi connectivity index (χ2n) is 3.59. The summed E-state index contributed by atoms with van der Waals surface area (Å²) < 4.78 is 0. The maximum absolute atomic E-state index is 11.7. The molecule has 72 valence electrons. The first kappa shape index (κ1) is 9.48. The van der Waals surface area contributed by atoms with Gasteiger partial charge in [0.15, 0.2) is 5.78 Å². The van der Waals surface area contributed by atoms with Crippen LogP contribution in [-0.2, 0) is 11.2 Å². The van der Waals surface area contributed by atoms with Crippen molar-refractivity contribution in [2.45, 2.75) is 31.6 Å². The van der Waals surface area contributed by atoms with Gasteiger partial charge in [0.05, 0.1) is 6.42 Å². The highest BCUT2D eigenvalue weighted by Crippen LogP contribution is 2.35. The lowest BCUT2D eigenvalue weighted by molar-refractivity contribution is -0.119. The van der Waals surface area contributed by atoms with Crippen LogP contribution in [0.5, 0.6) is 0 Å². The summed E-state index contributed by atoms with van der Waals surface area (Å²) in [6, 6.07) is 2.08. The van der Waals surface area contributed by atoms with E-state index in [4.69, 9.17) is 6.42 Å². The fourth-order valence-electron chi connectivity index (χ4n) is 2.04. The molecule has 1 nitrogen and oxygen atoms in total. The number of carbonyl (C=O) groups is 1. The van der Waals surface area contributed by atoms with E-state index in [1.54, 1.807) is 11.3 Å². The van der Waals surface area contributed by atoms with Crippen molar-refractivity contribution in [3.05, 3.63) is 21.9 Å². The Kier molecular flexibility index (Phi) is 2.69. The molecule has 0 saturated heterocycles. The van der Waals surface area contributed by atoms with Crippen LogP contribution >= 0.6 is 11.3 Å². The van der Waals surface area contributed by atoms with E-state index in [2.05, 4.69) is 17.4 Å². The van der Waals surface area contributed by atoms with Crippen LogP contribution < -0.4 is 0 Å². The quantitative estimate of drug-likeness (QED) is 0.677. The molecule has 14 heavy (non-hydrogen) atoms. The van der Waals surface area contributed by atoms with Crippen LogP contribution in [0.2, 0.25) is 0 Å². The van der Waals surface area contributed by atoms with Gasteiger partial charge in [-0.3, -0.25) is 4.79 Å². The molecule has 0 radical (unpaired) electrons. The molecule has 1 unspecified atom stereocenters. The van der Waals surface area contributed by atoms with Gasteiger partial charge in [-0.25, -0.2) is 0 Å². The smallest absolute Gasteiger partial charge is 0.152 e. The number of terminal acetylenes is 1. The Morgan fingerprint density at radius 1 is 1.71 bits per heavy atom. The summed E-state index contributed by atoms with van der Waals surface area (Å²) in [5.74, 6) is 2.74. The molecule has 0 aliphatic heterocycles. The molecule has 1 aromatic rings. The number of rotatable bonds is 2. The molecule has 0 aromatic carbocycles. The van der Waals surface area contributed by atoms with E-state index in [9.17, 15) is 4.79 Å². The molecule has 0 spiro atoms. The average Bonchev–Trinajstić information content (AvgIpc) is 2.65. The summed E-state index contributed by atoms with van der Waals surface area (Å²) in [7, 11) is 0. The van der Waals surface area contributed by atoms with Gasteiger partial charge in [0.1, 0.15) is 0 Å². The fourth-order valence-corrected chi connectivity index (χ4v) is 3.03. The third kappa shape index (κ3) is 1.60. The number of aryl methyl sites for hydroxylation is 1. The largest absolute Gasteiger partial charge is 0.298 e. The van der Waals surface area contributed by atoms with E-state index in [0.29, 0.717) is 0 Å². The van der Waals surface area contributed by atoms with E-state index < -0.39 is 0 Å². The van der Waals surface area contributed by atoms with Crippen molar-refractivity contribution in [2.75, 3.05) is 0 Å². The molecule has 0 fully saturated rings. The third-order valence-corrected chi connectivity index (χ3v) is 3.71. The topological polar surface area (TPSA) is 17.1 Å². The van der Waals surface area contributed by atoms with E-state index in [1.807, 2.05) is 0 Å². The minimum absolute atomic E-state index is 0.0843. The third-order valence-electron chi connectivity index (χ3n) is 2.72. The first-order valence-electron chi connectivity index (χ1n) is 4.85. The van der Waals surface area contributed by atoms with Gasteiger partial charge in [0.25, 0.3) is 0 Å². The first-order chi connectivity index (χ1) is 6.83. The van der Waals surface area contributed by atoms with Crippen LogP contribution in [0.25, 0.3) is 0 Å². The Morgan fingerprint density at radius 2 is 2.57 bits per heavy atom. The zero-order chi connectivity index (χ0) is 9.97. The molecule has 1 atom stereocenters. The minimum atomic E-state index is 0.0843. The zero-order valence-corrected chi connectivity index (χ0v) is 8.77. The molecule has 1 heterocycles. The molecular weight excluding hydrogens is 192 g/mol. The van der Waals surface area contributed by atoms with Gasteiger partial charge in [-0.05, 0) is 36.3 Å². The molecular formula is C12H12OS. The molecule has 2 rings (SSSR count). The molecule has 0 bridgehead atoms. The van der Waals surface area contributed by atoms with Crippen LogP contribution in [-0.4, -0.2) is 5.78 Å². The van der Waals surface area contributed by atoms with Crippen LogP contribution in [0.4, 0.5) is 0 Å². The zero-order valence-electron chi connectivity index (χ0n) is 7.95. The number of ketones is 1. The van der Waals surface area contributed by atoms with Crippen molar-refractivity contribution in [2.24, 2.45) is 0 Å². The highest BCUT2D eigenvalue weighted by molar-refractivity contribution is 7.10.